The van der Waals surface area contributed by atoms with Gasteiger partial charge in [-0.05, 0) is 53.2 Å². The molecular formula is C16H19BrN2O2. The molecular weight excluding hydrogens is 332 g/mol. The molecule has 0 aliphatic heterocycles. The quantitative estimate of drug-likeness (QED) is 0.867. The van der Waals surface area contributed by atoms with Crippen molar-refractivity contribution in [2.24, 2.45) is 0 Å². The lowest BCUT2D eigenvalue weighted by Gasteiger charge is -2.21. The minimum atomic E-state index is 0.131. The van der Waals surface area contributed by atoms with Gasteiger partial charge in [0.25, 0.3) is 0 Å². The highest BCUT2D eigenvalue weighted by atomic mass is 79.9. The number of hydrogen-bond acceptors (Lipinski definition) is 4. The molecule has 1 N–H and O–H groups in total. The van der Waals surface area contributed by atoms with Gasteiger partial charge in [0, 0.05) is 24.0 Å². The number of benzene rings is 1. The minimum absolute atomic E-state index is 0.131. The average Bonchev–Trinajstić information content (AvgIpc) is 2.53. The summed E-state index contributed by atoms with van der Waals surface area (Å²) >= 11 is 3.55. The van der Waals surface area contributed by atoms with Gasteiger partial charge in [0.2, 0.25) is 0 Å². The highest BCUT2D eigenvalue weighted by molar-refractivity contribution is 9.10. The van der Waals surface area contributed by atoms with Crippen molar-refractivity contribution in [1.29, 1.82) is 0 Å². The van der Waals surface area contributed by atoms with Crippen LogP contribution in [0.1, 0.15) is 17.2 Å². The van der Waals surface area contributed by atoms with Gasteiger partial charge in [-0.2, -0.15) is 0 Å². The summed E-state index contributed by atoms with van der Waals surface area (Å²) in [5, 5.41) is 3.34. The number of halogens is 1. The molecule has 0 saturated heterocycles. The van der Waals surface area contributed by atoms with Crippen LogP contribution in [-0.2, 0) is 6.42 Å². The Kier molecular flexibility index (Phi) is 5.59. The van der Waals surface area contributed by atoms with Crippen LogP contribution in [0.15, 0.2) is 41.1 Å². The van der Waals surface area contributed by atoms with Crippen LogP contribution in [0.5, 0.6) is 11.5 Å². The standard InChI is InChI=1S/C16H19BrN2O2/c1-18-13(9-11-5-4-8-19-10-11)12-6-7-14(20-2)15(17)16(12)21-3/h4-8,10,13,18H,9H2,1-3H3. The second-order valence-electron chi connectivity index (χ2n) is 4.61. The molecule has 5 heteroatoms. The second-order valence-corrected chi connectivity index (χ2v) is 5.40. The fourth-order valence-electron chi connectivity index (χ4n) is 2.31. The molecule has 1 unspecified atom stereocenters. The Hall–Kier alpha value is -1.59. The number of rotatable bonds is 6. The SMILES string of the molecule is CNC(Cc1cccnc1)c1ccc(OC)c(Br)c1OC. The van der Waals surface area contributed by atoms with Gasteiger partial charge in [0.05, 0.1) is 14.2 Å². The van der Waals surface area contributed by atoms with Crippen molar-refractivity contribution in [2.75, 3.05) is 21.3 Å². The van der Waals surface area contributed by atoms with Gasteiger partial charge < -0.3 is 14.8 Å². The van der Waals surface area contributed by atoms with Crippen LogP contribution in [0.4, 0.5) is 0 Å². The normalized spacial score (nSPS) is 12.0. The van der Waals surface area contributed by atoms with Gasteiger partial charge in [-0.3, -0.25) is 4.98 Å². The third-order valence-corrected chi connectivity index (χ3v) is 4.15. The van der Waals surface area contributed by atoms with Crippen molar-refractivity contribution in [2.45, 2.75) is 12.5 Å². The van der Waals surface area contributed by atoms with Crippen LogP contribution in [0.2, 0.25) is 0 Å². The highest BCUT2D eigenvalue weighted by Gasteiger charge is 2.19. The van der Waals surface area contributed by atoms with Crippen molar-refractivity contribution in [3.05, 3.63) is 52.3 Å². The van der Waals surface area contributed by atoms with E-state index in [2.05, 4.69) is 32.3 Å². The van der Waals surface area contributed by atoms with Crippen molar-refractivity contribution >= 4 is 15.9 Å². The maximum Gasteiger partial charge on any atom is 0.141 e. The number of nitrogens with one attached hydrogen (secondary N) is 1. The molecule has 0 fully saturated rings. The van der Waals surface area contributed by atoms with Crippen LogP contribution in [0.3, 0.4) is 0 Å². The molecule has 2 aromatic rings. The Bertz CT molecular complexity index is 590. The summed E-state index contributed by atoms with van der Waals surface area (Å²) in [5.74, 6) is 1.55. The minimum Gasteiger partial charge on any atom is -0.495 e. The first-order valence-electron chi connectivity index (χ1n) is 6.67. The molecule has 2 rings (SSSR count). The van der Waals surface area contributed by atoms with Crippen molar-refractivity contribution in [3.63, 3.8) is 0 Å². The maximum atomic E-state index is 5.56. The molecule has 1 heterocycles. The molecule has 1 aromatic heterocycles. The smallest absolute Gasteiger partial charge is 0.141 e. The van der Waals surface area contributed by atoms with Crippen LogP contribution in [0.25, 0.3) is 0 Å². The van der Waals surface area contributed by atoms with Gasteiger partial charge in [0.1, 0.15) is 16.0 Å². The second kappa shape index (κ2) is 7.43. The molecule has 21 heavy (non-hydrogen) atoms. The maximum absolute atomic E-state index is 5.56. The third-order valence-electron chi connectivity index (χ3n) is 3.40. The Balaban J connectivity index is 2.36. The lowest BCUT2D eigenvalue weighted by atomic mass is 9.99. The molecule has 0 bridgehead atoms. The Morgan fingerprint density at radius 2 is 2.05 bits per heavy atom. The summed E-state index contributed by atoms with van der Waals surface area (Å²) in [6, 6.07) is 8.12. The summed E-state index contributed by atoms with van der Waals surface area (Å²) in [4.78, 5) is 4.16. The van der Waals surface area contributed by atoms with Gasteiger partial charge in [0.15, 0.2) is 0 Å². The van der Waals surface area contributed by atoms with Crippen molar-refractivity contribution in [3.8, 4) is 11.5 Å². The predicted molar refractivity (Wildman–Crippen MR) is 87.0 cm³/mol. The lowest BCUT2D eigenvalue weighted by Crippen LogP contribution is -2.20. The van der Waals surface area contributed by atoms with Crippen molar-refractivity contribution < 1.29 is 9.47 Å². The van der Waals surface area contributed by atoms with Crippen LogP contribution in [0, 0.1) is 0 Å². The first-order valence-corrected chi connectivity index (χ1v) is 7.47. The summed E-state index contributed by atoms with van der Waals surface area (Å²) in [6.45, 7) is 0. The summed E-state index contributed by atoms with van der Waals surface area (Å²) in [5.41, 5.74) is 2.25. The first kappa shape index (κ1) is 15.8. The molecule has 0 radical (unpaired) electrons. The largest absolute Gasteiger partial charge is 0.495 e. The fraction of sp³-hybridized carbons (Fsp3) is 0.312. The van der Waals surface area contributed by atoms with E-state index in [-0.39, 0.29) is 6.04 Å². The summed E-state index contributed by atoms with van der Waals surface area (Å²) in [7, 11) is 5.25. The van der Waals surface area contributed by atoms with E-state index in [4.69, 9.17) is 9.47 Å². The number of hydrogen-bond donors (Lipinski definition) is 1. The monoisotopic (exact) mass is 350 g/mol. The Morgan fingerprint density at radius 3 is 2.62 bits per heavy atom. The van der Waals surface area contributed by atoms with E-state index in [1.54, 1.807) is 20.4 Å². The lowest BCUT2D eigenvalue weighted by molar-refractivity contribution is 0.381. The van der Waals surface area contributed by atoms with E-state index < -0.39 is 0 Å². The third kappa shape index (κ3) is 3.54. The van der Waals surface area contributed by atoms with E-state index >= 15 is 0 Å². The van der Waals surface area contributed by atoms with Gasteiger partial charge in [-0.1, -0.05) is 6.07 Å². The van der Waals surface area contributed by atoms with Crippen LogP contribution < -0.4 is 14.8 Å². The number of methoxy groups -OCH3 is 2. The Labute approximate surface area is 133 Å². The summed E-state index contributed by atoms with van der Waals surface area (Å²) < 4.78 is 11.7. The highest BCUT2D eigenvalue weighted by Crippen LogP contribution is 2.40. The van der Waals surface area contributed by atoms with Gasteiger partial charge >= 0.3 is 0 Å². The zero-order valence-corrected chi connectivity index (χ0v) is 14.0. The summed E-state index contributed by atoms with van der Waals surface area (Å²) in [6.07, 6.45) is 4.50. The van der Waals surface area contributed by atoms with Crippen LogP contribution in [-0.4, -0.2) is 26.3 Å². The molecule has 1 atom stereocenters. The molecule has 0 spiro atoms. The number of pyridine rings is 1. The Morgan fingerprint density at radius 1 is 1.24 bits per heavy atom. The van der Waals surface area contributed by atoms with Crippen LogP contribution >= 0.6 is 15.9 Å². The predicted octanol–water partition coefficient (Wildman–Crippen LogP) is 3.36. The zero-order chi connectivity index (χ0) is 15.2. The molecule has 0 saturated carbocycles. The number of likely N-dealkylation sites (N-methyl/N-ethyl adjacent to an activating group) is 1. The molecule has 112 valence electrons. The van der Waals surface area contributed by atoms with Crippen molar-refractivity contribution in [1.82, 2.24) is 10.3 Å². The number of aromatic nitrogens is 1. The van der Waals surface area contributed by atoms with E-state index in [9.17, 15) is 0 Å². The molecule has 0 aliphatic rings. The van der Waals surface area contributed by atoms with E-state index in [1.165, 1.54) is 5.56 Å². The molecule has 1 aromatic carbocycles. The van der Waals surface area contributed by atoms with E-state index in [0.717, 1.165) is 28.0 Å². The zero-order valence-electron chi connectivity index (χ0n) is 12.4. The first-order chi connectivity index (χ1) is 10.2. The number of ether oxygens (including phenoxy) is 2. The average molecular weight is 351 g/mol. The number of nitrogens with zero attached hydrogens (tertiary/aromatic N) is 1. The van der Waals surface area contributed by atoms with E-state index in [0.29, 0.717) is 0 Å². The van der Waals surface area contributed by atoms with Gasteiger partial charge in [-0.25, -0.2) is 0 Å². The van der Waals surface area contributed by atoms with E-state index in [1.807, 2.05) is 31.4 Å². The molecule has 0 aliphatic carbocycles. The van der Waals surface area contributed by atoms with Gasteiger partial charge in [-0.15, -0.1) is 0 Å². The topological polar surface area (TPSA) is 43.4 Å². The molecule has 0 amide bonds. The molecule has 4 nitrogen and oxygen atoms in total. The fourth-order valence-corrected chi connectivity index (χ4v) is 3.00.